The van der Waals surface area contributed by atoms with Crippen LogP contribution in [-0.4, -0.2) is 0 Å². The van der Waals surface area contributed by atoms with Crippen LogP contribution in [0.4, 0.5) is 0 Å². The SMILES string of the molecule is CCCCCCCC/C=C\CCCCCCCCCC(C)C. The molecule has 0 N–H and O–H groups in total. The summed E-state index contributed by atoms with van der Waals surface area (Å²) in [7, 11) is 0. The minimum atomic E-state index is 0.892. The van der Waals surface area contributed by atoms with E-state index in [-0.39, 0.29) is 0 Å². The van der Waals surface area contributed by atoms with Crippen LogP contribution in [0.25, 0.3) is 0 Å². The minimum absolute atomic E-state index is 0.892. The number of hydrogen-bond acceptors (Lipinski definition) is 0. The molecule has 0 aliphatic carbocycles. The molecule has 0 heterocycles. The highest BCUT2D eigenvalue weighted by Gasteiger charge is 1.94. The van der Waals surface area contributed by atoms with Gasteiger partial charge in [0.2, 0.25) is 0 Å². The number of rotatable bonds is 17. The highest BCUT2D eigenvalue weighted by molar-refractivity contribution is 4.81. The summed E-state index contributed by atoms with van der Waals surface area (Å²) in [6.45, 7) is 6.95. The second-order valence-corrected chi connectivity index (χ2v) is 7.47. The van der Waals surface area contributed by atoms with Gasteiger partial charge in [0.15, 0.2) is 0 Å². The molecule has 0 unspecified atom stereocenters. The Bertz CT molecular complexity index is 214. The summed E-state index contributed by atoms with van der Waals surface area (Å²) in [5.41, 5.74) is 0. The predicted octanol–water partition coefficient (Wildman–Crippen LogP) is 8.46. The Morgan fingerprint density at radius 3 is 1.41 bits per heavy atom. The Labute approximate surface area is 142 Å². The van der Waals surface area contributed by atoms with Crippen LogP contribution >= 0.6 is 0 Å². The molecule has 0 spiro atoms. The molecule has 0 radical (unpaired) electrons. The van der Waals surface area contributed by atoms with Gasteiger partial charge in [-0.15, -0.1) is 0 Å². The highest BCUT2D eigenvalue weighted by Crippen LogP contribution is 2.13. The molecule has 0 saturated heterocycles. The molecule has 0 amide bonds. The molecule has 0 saturated carbocycles. The van der Waals surface area contributed by atoms with Crippen molar-refractivity contribution >= 4 is 0 Å². The summed E-state index contributed by atoms with van der Waals surface area (Å²) in [5, 5.41) is 0. The number of unbranched alkanes of at least 4 members (excludes halogenated alkanes) is 13. The second kappa shape index (κ2) is 18.8. The van der Waals surface area contributed by atoms with E-state index in [4.69, 9.17) is 0 Å². The van der Waals surface area contributed by atoms with Crippen molar-refractivity contribution in [3.05, 3.63) is 12.2 Å². The second-order valence-electron chi connectivity index (χ2n) is 7.47. The largest absolute Gasteiger partial charge is 0.0885 e. The maximum Gasteiger partial charge on any atom is -0.0351 e. The van der Waals surface area contributed by atoms with Gasteiger partial charge in [0.05, 0.1) is 0 Å². The third-order valence-electron chi connectivity index (χ3n) is 4.54. The van der Waals surface area contributed by atoms with Crippen LogP contribution in [0.15, 0.2) is 12.2 Å². The Hall–Kier alpha value is -0.260. The van der Waals surface area contributed by atoms with Crippen LogP contribution in [0.1, 0.15) is 124 Å². The molecule has 0 heteroatoms. The van der Waals surface area contributed by atoms with E-state index in [9.17, 15) is 0 Å². The van der Waals surface area contributed by atoms with Gasteiger partial charge in [-0.3, -0.25) is 0 Å². The van der Waals surface area contributed by atoms with Crippen molar-refractivity contribution in [2.45, 2.75) is 124 Å². The monoisotopic (exact) mass is 308 g/mol. The Kier molecular flexibility index (Phi) is 18.6. The van der Waals surface area contributed by atoms with Crippen LogP contribution in [0.3, 0.4) is 0 Å². The van der Waals surface area contributed by atoms with E-state index in [0.29, 0.717) is 0 Å². The molecule has 0 fully saturated rings. The van der Waals surface area contributed by atoms with Gasteiger partial charge in [-0.25, -0.2) is 0 Å². The molecule has 0 atom stereocenters. The van der Waals surface area contributed by atoms with Crippen molar-refractivity contribution in [2.75, 3.05) is 0 Å². The maximum atomic E-state index is 2.43. The average molecular weight is 309 g/mol. The van der Waals surface area contributed by atoms with Gasteiger partial charge in [-0.2, -0.15) is 0 Å². The van der Waals surface area contributed by atoms with Crippen molar-refractivity contribution in [3.8, 4) is 0 Å². The normalized spacial score (nSPS) is 11.8. The van der Waals surface area contributed by atoms with E-state index >= 15 is 0 Å². The standard InChI is InChI=1S/C22H44/c1-4-5-6-7-8-9-10-11-12-13-14-15-16-17-18-19-20-21-22(2)3/h11-12,22H,4-10,13-21H2,1-3H3/b12-11-. The van der Waals surface area contributed by atoms with Crippen LogP contribution in [0, 0.1) is 5.92 Å². The third kappa shape index (κ3) is 19.7. The highest BCUT2D eigenvalue weighted by atomic mass is 14.0. The molecule has 0 aromatic heterocycles. The zero-order chi connectivity index (χ0) is 16.3. The van der Waals surface area contributed by atoms with Gasteiger partial charge in [-0.1, -0.05) is 110 Å². The Morgan fingerprint density at radius 2 is 0.955 bits per heavy atom. The summed E-state index contributed by atoms with van der Waals surface area (Å²) in [5.74, 6) is 0.892. The molecular weight excluding hydrogens is 264 g/mol. The van der Waals surface area contributed by atoms with E-state index in [0.717, 1.165) is 5.92 Å². The summed E-state index contributed by atoms with van der Waals surface area (Å²) in [6.07, 6.45) is 27.5. The maximum absolute atomic E-state index is 2.43. The first-order valence-corrected chi connectivity index (χ1v) is 10.4. The third-order valence-corrected chi connectivity index (χ3v) is 4.54. The molecule has 0 aromatic carbocycles. The average Bonchev–Trinajstić information content (AvgIpc) is 2.50. The molecule has 132 valence electrons. The van der Waals surface area contributed by atoms with E-state index in [2.05, 4.69) is 32.9 Å². The fourth-order valence-electron chi connectivity index (χ4n) is 2.98. The summed E-state index contributed by atoms with van der Waals surface area (Å²) >= 11 is 0. The van der Waals surface area contributed by atoms with E-state index in [1.54, 1.807) is 0 Å². The predicted molar refractivity (Wildman–Crippen MR) is 104 cm³/mol. The fraction of sp³-hybridized carbons (Fsp3) is 0.909. The van der Waals surface area contributed by atoms with E-state index < -0.39 is 0 Å². The molecule has 0 aromatic rings. The van der Waals surface area contributed by atoms with Crippen molar-refractivity contribution in [1.29, 1.82) is 0 Å². The first kappa shape index (κ1) is 21.7. The topological polar surface area (TPSA) is 0 Å². The van der Waals surface area contributed by atoms with E-state index in [1.807, 2.05) is 0 Å². The summed E-state index contributed by atoms with van der Waals surface area (Å²) < 4.78 is 0. The van der Waals surface area contributed by atoms with Crippen molar-refractivity contribution < 1.29 is 0 Å². The van der Waals surface area contributed by atoms with Crippen molar-refractivity contribution in [2.24, 2.45) is 5.92 Å². The molecule has 0 aliphatic heterocycles. The summed E-state index contributed by atoms with van der Waals surface area (Å²) in [4.78, 5) is 0. The molecule has 0 bridgehead atoms. The van der Waals surface area contributed by atoms with Crippen LogP contribution < -0.4 is 0 Å². The van der Waals surface area contributed by atoms with E-state index in [1.165, 1.54) is 103 Å². The smallest absolute Gasteiger partial charge is 0.0351 e. The number of hydrogen-bond donors (Lipinski definition) is 0. The van der Waals surface area contributed by atoms with Gasteiger partial charge < -0.3 is 0 Å². The molecule has 0 rings (SSSR count). The first-order chi connectivity index (χ1) is 10.8. The molecule has 0 aliphatic rings. The van der Waals surface area contributed by atoms with Gasteiger partial charge in [-0.05, 0) is 31.6 Å². The van der Waals surface area contributed by atoms with Crippen LogP contribution in [-0.2, 0) is 0 Å². The van der Waals surface area contributed by atoms with Gasteiger partial charge >= 0.3 is 0 Å². The molecular formula is C22H44. The van der Waals surface area contributed by atoms with Gasteiger partial charge in [0, 0.05) is 0 Å². The molecule has 0 nitrogen and oxygen atoms in total. The Morgan fingerprint density at radius 1 is 0.545 bits per heavy atom. The zero-order valence-electron chi connectivity index (χ0n) is 16.0. The lowest BCUT2D eigenvalue weighted by atomic mass is 10.0. The van der Waals surface area contributed by atoms with Crippen molar-refractivity contribution in [1.82, 2.24) is 0 Å². The summed E-state index contributed by atoms with van der Waals surface area (Å²) in [6, 6.07) is 0. The van der Waals surface area contributed by atoms with Gasteiger partial charge in [0.1, 0.15) is 0 Å². The van der Waals surface area contributed by atoms with Crippen LogP contribution in [0.5, 0.6) is 0 Å². The lowest BCUT2D eigenvalue weighted by Crippen LogP contribution is -1.87. The van der Waals surface area contributed by atoms with Gasteiger partial charge in [0.25, 0.3) is 0 Å². The lowest BCUT2D eigenvalue weighted by molar-refractivity contribution is 0.509. The minimum Gasteiger partial charge on any atom is -0.0885 e. The first-order valence-electron chi connectivity index (χ1n) is 10.4. The number of allylic oxidation sites excluding steroid dienone is 2. The lowest BCUT2D eigenvalue weighted by Gasteiger charge is -2.04. The van der Waals surface area contributed by atoms with Crippen molar-refractivity contribution in [3.63, 3.8) is 0 Å². The zero-order valence-corrected chi connectivity index (χ0v) is 16.0. The quantitative estimate of drug-likeness (QED) is 0.187. The Balaban J connectivity index is 3.05. The molecule has 22 heavy (non-hydrogen) atoms. The fourth-order valence-corrected chi connectivity index (χ4v) is 2.98. The van der Waals surface area contributed by atoms with Crippen LogP contribution in [0.2, 0.25) is 0 Å².